The van der Waals surface area contributed by atoms with Crippen LogP contribution in [0.25, 0.3) is 11.7 Å². The number of pyridine rings is 1. The smallest absolute Gasteiger partial charge is 0.267 e. The highest BCUT2D eigenvalue weighted by Gasteiger charge is 2.32. The molecule has 0 saturated carbocycles. The molecule has 0 radical (unpaired) electrons. The Balaban J connectivity index is 1.59. The van der Waals surface area contributed by atoms with Crippen LogP contribution in [-0.2, 0) is 11.2 Å². The van der Waals surface area contributed by atoms with Gasteiger partial charge in [-0.2, -0.15) is 0 Å². The first kappa shape index (κ1) is 21.1. The molecule has 1 amide bonds. The molecule has 1 saturated heterocycles. The van der Waals surface area contributed by atoms with E-state index in [0.29, 0.717) is 39.2 Å². The molecule has 31 heavy (non-hydrogen) atoms. The van der Waals surface area contributed by atoms with Gasteiger partial charge in [-0.3, -0.25) is 18.9 Å². The van der Waals surface area contributed by atoms with Crippen molar-refractivity contribution in [2.45, 2.75) is 6.42 Å². The number of rotatable bonds is 6. The summed E-state index contributed by atoms with van der Waals surface area (Å²) in [5, 5.41) is 2.95. The number of benzene rings is 1. The highest BCUT2D eigenvalue weighted by atomic mass is 32.2. The van der Waals surface area contributed by atoms with E-state index in [1.807, 2.05) is 30.3 Å². The average molecular weight is 453 g/mol. The fraction of sp³-hybridized carbons (Fsp3) is 0.182. The van der Waals surface area contributed by atoms with Crippen molar-refractivity contribution in [3.8, 4) is 5.75 Å². The largest absolute Gasteiger partial charge is 0.497 e. The van der Waals surface area contributed by atoms with Crippen molar-refractivity contribution in [2.75, 3.05) is 26.0 Å². The third kappa shape index (κ3) is 4.19. The van der Waals surface area contributed by atoms with Crippen LogP contribution < -0.4 is 15.6 Å². The van der Waals surface area contributed by atoms with E-state index in [0.717, 1.165) is 11.3 Å². The first-order valence-electron chi connectivity index (χ1n) is 9.59. The number of methoxy groups -OCH3 is 1. The van der Waals surface area contributed by atoms with Gasteiger partial charge in [0.2, 0.25) is 0 Å². The monoisotopic (exact) mass is 452 g/mol. The van der Waals surface area contributed by atoms with Crippen molar-refractivity contribution < 1.29 is 9.53 Å². The number of anilines is 1. The molecule has 1 aromatic carbocycles. The zero-order valence-electron chi connectivity index (χ0n) is 17.0. The Morgan fingerprint density at radius 3 is 2.68 bits per heavy atom. The van der Waals surface area contributed by atoms with Gasteiger partial charge in [-0.05, 0) is 42.3 Å². The maximum atomic E-state index is 13.0. The zero-order chi connectivity index (χ0) is 22.0. The van der Waals surface area contributed by atoms with Gasteiger partial charge in [0.25, 0.3) is 11.5 Å². The van der Waals surface area contributed by atoms with E-state index < -0.39 is 0 Å². The lowest BCUT2D eigenvalue weighted by Gasteiger charge is -2.14. The standard InChI is InChI=1S/C22H20N4O3S2/c1-23-19-16(20(27)25-11-4-3-5-18(25)24-19)13-17-21(28)26(22(30)31-17)12-10-14-6-8-15(29-2)9-7-14/h3-9,11,13,23H,10,12H2,1-2H3. The molecule has 7 nitrogen and oxygen atoms in total. The van der Waals surface area contributed by atoms with Gasteiger partial charge < -0.3 is 10.1 Å². The molecule has 0 bridgehead atoms. The van der Waals surface area contributed by atoms with Crippen LogP contribution in [0.3, 0.4) is 0 Å². The number of carbonyl (C=O) groups excluding carboxylic acids is 1. The highest BCUT2D eigenvalue weighted by molar-refractivity contribution is 8.26. The maximum Gasteiger partial charge on any atom is 0.267 e. The molecule has 3 heterocycles. The van der Waals surface area contributed by atoms with Gasteiger partial charge in [0.15, 0.2) is 0 Å². The third-order valence-corrected chi connectivity index (χ3v) is 6.32. The third-order valence-electron chi connectivity index (χ3n) is 4.94. The minimum absolute atomic E-state index is 0.205. The van der Waals surface area contributed by atoms with Gasteiger partial charge in [0.1, 0.15) is 21.5 Å². The van der Waals surface area contributed by atoms with Crippen LogP contribution >= 0.6 is 24.0 Å². The van der Waals surface area contributed by atoms with E-state index in [4.69, 9.17) is 17.0 Å². The molecule has 2 aromatic heterocycles. The van der Waals surface area contributed by atoms with Crippen LogP contribution in [-0.4, -0.2) is 45.2 Å². The number of amides is 1. The second kappa shape index (κ2) is 8.91. The number of nitrogens with one attached hydrogen (secondary N) is 1. The van der Waals surface area contributed by atoms with Gasteiger partial charge in [-0.15, -0.1) is 0 Å². The predicted octanol–water partition coefficient (Wildman–Crippen LogP) is 3.19. The summed E-state index contributed by atoms with van der Waals surface area (Å²) in [7, 11) is 3.32. The number of thioether (sulfide) groups is 1. The molecule has 3 aromatic rings. The van der Waals surface area contributed by atoms with E-state index >= 15 is 0 Å². The molecule has 0 aliphatic carbocycles. The molecule has 1 aliphatic heterocycles. The minimum atomic E-state index is -0.251. The summed E-state index contributed by atoms with van der Waals surface area (Å²) in [6.07, 6.45) is 3.89. The second-order valence-electron chi connectivity index (χ2n) is 6.79. The van der Waals surface area contributed by atoms with Crippen LogP contribution in [0.5, 0.6) is 5.75 Å². The maximum absolute atomic E-state index is 13.0. The summed E-state index contributed by atoms with van der Waals surface area (Å²) >= 11 is 6.63. The Bertz CT molecular complexity index is 1250. The number of thiocarbonyl (C=S) groups is 1. The molecule has 9 heteroatoms. The van der Waals surface area contributed by atoms with Crippen molar-refractivity contribution in [2.24, 2.45) is 0 Å². The molecule has 1 N–H and O–H groups in total. The fourth-order valence-electron chi connectivity index (χ4n) is 3.28. The van der Waals surface area contributed by atoms with Crippen LogP contribution in [0.15, 0.2) is 58.4 Å². The summed E-state index contributed by atoms with van der Waals surface area (Å²) in [5.74, 6) is 0.996. The summed E-state index contributed by atoms with van der Waals surface area (Å²) in [4.78, 5) is 32.4. The Morgan fingerprint density at radius 1 is 1.19 bits per heavy atom. The SMILES string of the molecule is CNc1nc2ccccn2c(=O)c1C=C1SC(=S)N(CCc2ccc(OC)cc2)C1=O. The Kier molecular flexibility index (Phi) is 6.06. The number of nitrogens with zero attached hydrogens (tertiary/aromatic N) is 3. The number of hydrogen-bond acceptors (Lipinski definition) is 7. The Hall–Kier alpha value is -3.17. The molecule has 158 valence electrons. The molecule has 0 atom stereocenters. The number of ether oxygens (including phenoxy) is 1. The Labute approximate surface area is 188 Å². The predicted molar refractivity (Wildman–Crippen MR) is 128 cm³/mol. The topological polar surface area (TPSA) is 75.9 Å². The summed E-state index contributed by atoms with van der Waals surface area (Å²) in [5.41, 5.74) is 1.68. The van der Waals surface area contributed by atoms with E-state index in [9.17, 15) is 9.59 Å². The van der Waals surface area contributed by atoms with Gasteiger partial charge in [0, 0.05) is 19.8 Å². The molecule has 0 unspecified atom stereocenters. The quantitative estimate of drug-likeness (QED) is 0.455. The van der Waals surface area contributed by atoms with Crippen molar-refractivity contribution >= 4 is 51.7 Å². The molecule has 1 aliphatic rings. The van der Waals surface area contributed by atoms with Crippen LogP contribution in [0.4, 0.5) is 5.82 Å². The summed E-state index contributed by atoms with van der Waals surface area (Å²) < 4.78 is 7.11. The number of aromatic nitrogens is 2. The Morgan fingerprint density at radius 2 is 1.97 bits per heavy atom. The highest BCUT2D eigenvalue weighted by Crippen LogP contribution is 2.33. The van der Waals surface area contributed by atoms with E-state index in [-0.39, 0.29) is 11.5 Å². The van der Waals surface area contributed by atoms with Crippen molar-refractivity contribution in [1.29, 1.82) is 0 Å². The van der Waals surface area contributed by atoms with E-state index in [1.54, 1.807) is 43.5 Å². The summed E-state index contributed by atoms with van der Waals surface area (Å²) in [6.45, 7) is 0.460. The number of carbonyl (C=O) groups is 1. The van der Waals surface area contributed by atoms with Gasteiger partial charge >= 0.3 is 0 Å². The normalized spacial score (nSPS) is 15.2. The molecule has 0 spiro atoms. The van der Waals surface area contributed by atoms with Crippen molar-refractivity contribution in [3.63, 3.8) is 0 Å². The molecular formula is C22H20N4O3S2. The van der Waals surface area contributed by atoms with Gasteiger partial charge in [-0.1, -0.05) is 42.2 Å². The first-order chi connectivity index (χ1) is 15.0. The lowest BCUT2D eigenvalue weighted by atomic mass is 10.1. The first-order valence-corrected chi connectivity index (χ1v) is 10.8. The van der Waals surface area contributed by atoms with Crippen LogP contribution in [0.1, 0.15) is 11.1 Å². The fourth-order valence-corrected chi connectivity index (χ4v) is 4.57. The molecule has 4 rings (SSSR count). The lowest BCUT2D eigenvalue weighted by molar-refractivity contribution is -0.122. The lowest BCUT2D eigenvalue weighted by Crippen LogP contribution is -2.30. The molecular weight excluding hydrogens is 432 g/mol. The van der Waals surface area contributed by atoms with E-state index in [1.165, 1.54) is 16.2 Å². The zero-order valence-corrected chi connectivity index (χ0v) is 18.6. The molecule has 1 fully saturated rings. The van der Waals surface area contributed by atoms with Crippen LogP contribution in [0.2, 0.25) is 0 Å². The number of hydrogen-bond donors (Lipinski definition) is 1. The summed E-state index contributed by atoms with van der Waals surface area (Å²) in [6, 6.07) is 13.0. The minimum Gasteiger partial charge on any atom is -0.497 e. The van der Waals surface area contributed by atoms with Crippen molar-refractivity contribution in [1.82, 2.24) is 14.3 Å². The average Bonchev–Trinajstić information content (AvgIpc) is 3.06. The number of fused-ring (bicyclic) bond motifs is 1. The van der Waals surface area contributed by atoms with E-state index in [2.05, 4.69) is 10.3 Å². The van der Waals surface area contributed by atoms with Crippen LogP contribution in [0, 0.1) is 0 Å². The van der Waals surface area contributed by atoms with Crippen molar-refractivity contribution in [3.05, 3.63) is 75.0 Å². The second-order valence-corrected chi connectivity index (χ2v) is 8.47. The van der Waals surface area contributed by atoms with Gasteiger partial charge in [0.05, 0.1) is 17.6 Å². The van der Waals surface area contributed by atoms with Gasteiger partial charge in [-0.25, -0.2) is 4.98 Å².